The summed E-state index contributed by atoms with van der Waals surface area (Å²) < 4.78 is 0. The van der Waals surface area contributed by atoms with Gasteiger partial charge in [-0.3, -0.25) is 4.90 Å². The Hall–Kier alpha value is -0.120. The summed E-state index contributed by atoms with van der Waals surface area (Å²) in [6.45, 7) is 9.67. The van der Waals surface area contributed by atoms with Crippen LogP contribution in [-0.4, -0.2) is 61.2 Å². The Morgan fingerprint density at radius 1 is 1.16 bits per heavy atom. The van der Waals surface area contributed by atoms with Crippen molar-refractivity contribution in [2.75, 3.05) is 33.2 Å². The van der Waals surface area contributed by atoms with Crippen LogP contribution in [0.1, 0.15) is 52.4 Å². The first kappa shape index (κ1) is 15.3. The van der Waals surface area contributed by atoms with Crippen molar-refractivity contribution in [3.63, 3.8) is 0 Å². The molecule has 112 valence electrons. The Balaban J connectivity index is 1.56. The predicted molar refractivity (Wildman–Crippen MR) is 82.6 cm³/mol. The summed E-state index contributed by atoms with van der Waals surface area (Å²) in [4.78, 5) is 5.16. The highest BCUT2D eigenvalue weighted by atomic mass is 15.2. The average molecular weight is 267 g/mol. The fourth-order valence-electron chi connectivity index (χ4n) is 3.52. The number of rotatable bonds is 7. The fourth-order valence-corrected chi connectivity index (χ4v) is 3.52. The van der Waals surface area contributed by atoms with Crippen molar-refractivity contribution in [3.8, 4) is 0 Å². The quantitative estimate of drug-likeness (QED) is 0.714. The third-order valence-corrected chi connectivity index (χ3v) is 5.08. The minimum atomic E-state index is 0.679. The molecule has 1 N–H and O–H groups in total. The zero-order valence-corrected chi connectivity index (χ0v) is 13.2. The Kier molecular flexibility index (Phi) is 6.11. The number of fused-ring (bicyclic) bond motifs is 1. The summed E-state index contributed by atoms with van der Waals surface area (Å²) >= 11 is 0. The second-order valence-electron chi connectivity index (χ2n) is 6.73. The number of nitrogens with one attached hydrogen (secondary N) is 1. The number of piperidine rings is 1. The third-order valence-electron chi connectivity index (χ3n) is 5.08. The van der Waals surface area contributed by atoms with E-state index in [0.29, 0.717) is 6.04 Å². The summed E-state index contributed by atoms with van der Waals surface area (Å²) in [5.74, 6) is 0. The summed E-state index contributed by atoms with van der Waals surface area (Å²) in [6, 6.07) is 2.31. The number of hydrogen-bond donors (Lipinski definition) is 1. The number of hydrogen-bond acceptors (Lipinski definition) is 3. The summed E-state index contributed by atoms with van der Waals surface area (Å²) in [5, 5.41) is 3.82. The second-order valence-corrected chi connectivity index (χ2v) is 6.73. The molecule has 3 nitrogen and oxygen atoms in total. The van der Waals surface area contributed by atoms with Gasteiger partial charge in [-0.25, -0.2) is 0 Å². The lowest BCUT2D eigenvalue weighted by Crippen LogP contribution is -2.45. The SMILES string of the molecule is CC(C)N(C)CCCCNC1CCN2CCCCC12. The molecule has 0 saturated carbocycles. The molecule has 19 heavy (non-hydrogen) atoms. The fraction of sp³-hybridized carbons (Fsp3) is 1.00. The van der Waals surface area contributed by atoms with Crippen LogP contribution < -0.4 is 5.32 Å². The van der Waals surface area contributed by atoms with Crippen LogP contribution in [0.5, 0.6) is 0 Å². The van der Waals surface area contributed by atoms with E-state index in [1.54, 1.807) is 0 Å². The first-order chi connectivity index (χ1) is 9.18. The molecule has 0 aromatic rings. The van der Waals surface area contributed by atoms with E-state index in [-0.39, 0.29) is 0 Å². The topological polar surface area (TPSA) is 18.5 Å². The van der Waals surface area contributed by atoms with E-state index in [4.69, 9.17) is 0 Å². The molecule has 2 saturated heterocycles. The van der Waals surface area contributed by atoms with E-state index in [0.717, 1.165) is 12.1 Å². The van der Waals surface area contributed by atoms with Crippen molar-refractivity contribution in [2.45, 2.75) is 70.5 Å². The maximum Gasteiger partial charge on any atom is 0.0249 e. The van der Waals surface area contributed by atoms with Crippen molar-refractivity contribution < 1.29 is 0 Å². The van der Waals surface area contributed by atoms with Gasteiger partial charge in [-0.05, 0) is 72.6 Å². The predicted octanol–water partition coefficient (Wildman–Crippen LogP) is 2.32. The second kappa shape index (κ2) is 7.61. The molecular formula is C16H33N3. The first-order valence-electron chi connectivity index (χ1n) is 8.36. The lowest BCUT2D eigenvalue weighted by atomic mass is 9.99. The zero-order chi connectivity index (χ0) is 13.7. The van der Waals surface area contributed by atoms with Crippen molar-refractivity contribution in [1.29, 1.82) is 0 Å². The lowest BCUT2D eigenvalue weighted by molar-refractivity contribution is 0.180. The normalized spacial score (nSPS) is 28.3. The molecule has 2 unspecified atom stereocenters. The molecular weight excluding hydrogens is 234 g/mol. The molecule has 0 spiro atoms. The highest BCUT2D eigenvalue weighted by Gasteiger charge is 2.34. The number of unbranched alkanes of at least 4 members (excludes halogenated alkanes) is 1. The summed E-state index contributed by atoms with van der Waals surface area (Å²) in [5.41, 5.74) is 0. The van der Waals surface area contributed by atoms with Gasteiger partial charge in [0.05, 0.1) is 0 Å². The lowest BCUT2D eigenvalue weighted by Gasteiger charge is -2.32. The van der Waals surface area contributed by atoms with Crippen LogP contribution in [0.25, 0.3) is 0 Å². The highest BCUT2D eigenvalue weighted by molar-refractivity contribution is 4.93. The van der Waals surface area contributed by atoms with E-state index < -0.39 is 0 Å². The van der Waals surface area contributed by atoms with Crippen molar-refractivity contribution >= 4 is 0 Å². The molecule has 0 aromatic carbocycles. The van der Waals surface area contributed by atoms with Crippen LogP contribution in [0.3, 0.4) is 0 Å². The largest absolute Gasteiger partial charge is 0.312 e. The molecule has 2 aliphatic heterocycles. The minimum Gasteiger partial charge on any atom is -0.312 e. The van der Waals surface area contributed by atoms with Crippen LogP contribution in [0.2, 0.25) is 0 Å². The molecule has 2 atom stereocenters. The maximum absolute atomic E-state index is 3.82. The standard InChI is InChI=1S/C16H33N3/c1-14(2)18(3)11-7-5-10-17-15-9-13-19-12-6-4-8-16(15)19/h14-17H,4-13H2,1-3H3. The Labute approximate surface area is 119 Å². The van der Waals surface area contributed by atoms with Crippen LogP contribution in [-0.2, 0) is 0 Å². The minimum absolute atomic E-state index is 0.679. The molecule has 2 fully saturated rings. The van der Waals surface area contributed by atoms with Gasteiger partial charge in [-0.15, -0.1) is 0 Å². The summed E-state index contributed by atoms with van der Waals surface area (Å²) in [7, 11) is 2.23. The van der Waals surface area contributed by atoms with Gasteiger partial charge in [0.2, 0.25) is 0 Å². The van der Waals surface area contributed by atoms with Gasteiger partial charge < -0.3 is 10.2 Å². The van der Waals surface area contributed by atoms with Crippen molar-refractivity contribution in [1.82, 2.24) is 15.1 Å². The Morgan fingerprint density at radius 3 is 2.79 bits per heavy atom. The molecule has 0 radical (unpaired) electrons. The van der Waals surface area contributed by atoms with Gasteiger partial charge >= 0.3 is 0 Å². The maximum atomic E-state index is 3.82. The van der Waals surface area contributed by atoms with Gasteiger partial charge in [0.1, 0.15) is 0 Å². The average Bonchev–Trinajstić information content (AvgIpc) is 2.81. The van der Waals surface area contributed by atoms with Crippen LogP contribution in [0, 0.1) is 0 Å². The van der Waals surface area contributed by atoms with Crippen molar-refractivity contribution in [2.24, 2.45) is 0 Å². The third kappa shape index (κ3) is 4.44. The van der Waals surface area contributed by atoms with Gasteiger partial charge in [0.15, 0.2) is 0 Å². The van der Waals surface area contributed by atoms with Gasteiger partial charge in [0.25, 0.3) is 0 Å². The van der Waals surface area contributed by atoms with Crippen LogP contribution in [0.4, 0.5) is 0 Å². The van der Waals surface area contributed by atoms with E-state index in [9.17, 15) is 0 Å². The zero-order valence-electron chi connectivity index (χ0n) is 13.2. The van der Waals surface area contributed by atoms with Crippen LogP contribution in [0.15, 0.2) is 0 Å². The van der Waals surface area contributed by atoms with E-state index >= 15 is 0 Å². The molecule has 2 aliphatic rings. The molecule has 0 amide bonds. The molecule has 0 aromatic heterocycles. The van der Waals surface area contributed by atoms with E-state index in [1.807, 2.05) is 0 Å². The van der Waals surface area contributed by atoms with Gasteiger partial charge in [0, 0.05) is 24.7 Å². The van der Waals surface area contributed by atoms with Gasteiger partial charge in [-0.2, -0.15) is 0 Å². The molecule has 2 heterocycles. The first-order valence-corrected chi connectivity index (χ1v) is 8.36. The monoisotopic (exact) mass is 267 g/mol. The Bertz CT molecular complexity index is 254. The molecule has 3 heteroatoms. The molecule has 0 aliphatic carbocycles. The van der Waals surface area contributed by atoms with Crippen molar-refractivity contribution in [3.05, 3.63) is 0 Å². The smallest absolute Gasteiger partial charge is 0.0249 e. The van der Waals surface area contributed by atoms with Crippen LogP contribution >= 0.6 is 0 Å². The highest BCUT2D eigenvalue weighted by Crippen LogP contribution is 2.26. The summed E-state index contributed by atoms with van der Waals surface area (Å²) in [6.07, 6.45) is 8.30. The van der Waals surface area contributed by atoms with E-state index in [1.165, 1.54) is 64.7 Å². The molecule has 2 rings (SSSR count). The van der Waals surface area contributed by atoms with Gasteiger partial charge in [-0.1, -0.05) is 6.42 Å². The number of nitrogens with zero attached hydrogens (tertiary/aromatic N) is 2. The Morgan fingerprint density at radius 2 is 2.00 bits per heavy atom. The van der Waals surface area contributed by atoms with E-state index in [2.05, 4.69) is 36.0 Å². The molecule has 0 bridgehead atoms.